The molecule has 0 aromatic heterocycles. The molecule has 19 heavy (non-hydrogen) atoms. The van der Waals surface area contributed by atoms with E-state index >= 15 is 0 Å². The molecule has 1 aromatic carbocycles. The number of amides is 1. The van der Waals surface area contributed by atoms with Crippen LogP contribution in [0, 0.1) is 12.8 Å². The van der Waals surface area contributed by atoms with Gasteiger partial charge in [0.2, 0.25) is 5.91 Å². The summed E-state index contributed by atoms with van der Waals surface area (Å²) in [5, 5.41) is 12.1. The molecular formula is C14H18ClNO3. The molecule has 104 valence electrons. The maximum Gasteiger partial charge on any atom is 0.326 e. The summed E-state index contributed by atoms with van der Waals surface area (Å²) in [4.78, 5) is 22.9. The van der Waals surface area contributed by atoms with Crippen molar-refractivity contribution >= 4 is 23.5 Å². The van der Waals surface area contributed by atoms with Crippen LogP contribution in [0.4, 0.5) is 0 Å². The van der Waals surface area contributed by atoms with Gasteiger partial charge in [0.1, 0.15) is 6.04 Å². The lowest BCUT2D eigenvalue weighted by molar-refractivity contribution is -0.143. The van der Waals surface area contributed by atoms with Crippen LogP contribution in [0.2, 0.25) is 5.02 Å². The number of carbonyl (C=O) groups excluding carboxylic acids is 1. The quantitative estimate of drug-likeness (QED) is 0.872. The van der Waals surface area contributed by atoms with E-state index in [1.54, 1.807) is 19.9 Å². The third-order valence-electron chi connectivity index (χ3n) is 2.87. The van der Waals surface area contributed by atoms with E-state index in [-0.39, 0.29) is 18.2 Å². The second-order valence-electron chi connectivity index (χ2n) is 4.85. The third-order valence-corrected chi connectivity index (χ3v) is 3.41. The zero-order valence-electron chi connectivity index (χ0n) is 11.2. The summed E-state index contributed by atoms with van der Waals surface area (Å²) in [6, 6.07) is 4.56. The van der Waals surface area contributed by atoms with Gasteiger partial charge >= 0.3 is 5.97 Å². The van der Waals surface area contributed by atoms with Crippen LogP contribution < -0.4 is 5.32 Å². The summed E-state index contributed by atoms with van der Waals surface area (Å²) in [6.45, 7) is 5.36. The Balaban J connectivity index is 2.75. The fourth-order valence-corrected chi connectivity index (χ4v) is 1.95. The molecule has 0 heterocycles. The fourth-order valence-electron chi connectivity index (χ4n) is 1.76. The van der Waals surface area contributed by atoms with Crippen molar-refractivity contribution in [3.8, 4) is 0 Å². The highest BCUT2D eigenvalue weighted by Gasteiger charge is 2.23. The maximum atomic E-state index is 11.9. The molecule has 0 saturated heterocycles. The van der Waals surface area contributed by atoms with Gasteiger partial charge in [0.15, 0.2) is 0 Å². The zero-order valence-corrected chi connectivity index (χ0v) is 12.0. The van der Waals surface area contributed by atoms with Crippen LogP contribution in [0.3, 0.4) is 0 Å². The molecule has 5 heteroatoms. The molecule has 0 aliphatic carbocycles. The van der Waals surface area contributed by atoms with Crippen molar-refractivity contribution in [2.45, 2.75) is 33.2 Å². The molecular weight excluding hydrogens is 266 g/mol. The number of hydrogen-bond donors (Lipinski definition) is 2. The van der Waals surface area contributed by atoms with Gasteiger partial charge in [-0.15, -0.1) is 0 Å². The van der Waals surface area contributed by atoms with Crippen LogP contribution >= 0.6 is 11.6 Å². The van der Waals surface area contributed by atoms with Crippen molar-refractivity contribution < 1.29 is 14.7 Å². The van der Waals surface area contributed by atoms with Crippen molar-refractivity contribution in [3.05, 3.63) is 34.3 Å². The van der Waals surface area contributed by atoms with Crippen molar-refractivity contribution in [2.75, 3.05) is 0 Å². The average Bonchev–Trinajstić information content (AvgIpc) is 2.31. The van der Waals surface area contributed by atoms with Gasteiger partial charge in [-0.1, -0.05) is 43.6 Å². The summed E-state index contributed by atoms with van der Waals surface area (Å²) in [6.07, 6.45) is 0.0804. The van der Waals surface area contributed by atoms with Crippen molar-refractivity contribution in [2.24, 2.45) is 5.92 Å². The van der Waals surface area contributed by atoms with E-state index in [1.807, 2.05) is 19.1 Å². The Morgan fingerprint density at radius 2 is 2.00 bits per heavy atom. The van der Waals surface area contributed by atoms with E-state index in [0.717, 1.165) is 5.56 Å². The summed E-state index contributed by atoms with van der Waals surface area (Å²) >= 11 is 6.10. The normalized spacial score (nSPS) is 12.3. The summed E-state index contributed by atoms with van der Waals surface area (Å²) in [5.74, 6) is -1.54. The molecule has 0 spiro atoms. The second kappa shape index (κ2) is 6.57. The molecule has 0 aliphatic rings. The molecule has 1 atom stereocenters. The molecule has 0 fully saturated rings. The number of benzene rings is 1. The molecule has 1 amide bonds. The Hall–Kier alpha value is -1.55. The minimum atomic E-state index is -1.03. The highest BCUT2D eigenvalue weighted by Crippen LogP contribution is 2.20. The first kappa shape index (κ1) is 15.5. The third kappa shape index (κ3) is 4.24. The number of hydrogen-bond acceptors (Lipinski definition) is 2. The zero-order chi connectivity index (χ0) is 14.6. The van der Waals surface area contributed by atoms with Crippen LogP contribution in [0.1, 0.15) is 25.0 Å². The number of aliphatic carboxylic acids is 1. The van der Waals surface area contributed by atoms with Gasteiger partial charge in [-0.25, -0.2) is 4.79 Å². The predicted molar refractivity (Wildman–Crippen MR) is 74.3 cm³/mol. The van der Waals surface area contributed by atoms with Crippen LogP contribution in [0.15, 0.2) is 18.2 Å². The standard InChI is InChI=1S/C14H18ClNO3/c1-8(2)13(14(18)19)16-11(17)7-10-6-4-5-9(3)12(10)15/h4-6,8,13H,7H2,1-3H3,(H,16,17)(H,18,19)/t13-/m1/s1. The molecule has 2 N–H and O–H groups in total. The van der Waals surface area contributed by atoms with E-state index in [0.29, 0.717) is 10.6 Å². The minimum Gasteiger partial charge on any atom is -0.480 e. The first-order valence-corrected chi connectivity index (χ1v) is 6.47. The number of rotatable bonds is 5. The van der Waals surface area contributed by atoms with E-state index in [9.17, 15) is 9.59 Å². The topological polar surface area (TPSA) is 66.4 Å². The lowest BCUT2D eigenvalue weighted by Crippen LogP contribution is -2.44. The minimum absolute atomic E-state index is 0.0804. The van der Waals surface area contributed by atoms with Gasteiger partial charge in [0.05, 0.1) is 6.42 Å². The maximum absolute atomic E-state index is 11.9. The van der Waals surface area contributed by atoms with Crippen molar-refractivity contribution in [1.29, 1.82) is 0 Å². The molecule has 0 bridgehead atoms. The van der Waals surface area contributed by atoms with Gasteiger partial charge in [-0.2, -0.15) is 0 Å². The van der Waals surface area contributed by atoms with Crippen LogP contribution in [-0.2, 0) is 16.0 Å². The van der Waals surface area contributed by atoms with Crippen molar-refractivity contribution in [3.63, 3.8) is 0 Å². The van der Waals surface area contributed by atoms with Crippen LogP contribution in [0.25, 0.3) is 0 Å². The van der Waals surface area contributed by atoms with Crippen LogP contribution in [0.5, 0.6) is 0 Å². The van der Waals surface area contributed by atoms with E-state index < -0.39 is 12.0 Å². The molecule has 0 saturated carbocycles. The Morgan fingerprint density at radius 1 is 1.37 bits per heavy atom. The Kier molecular flexibility index (Phi) is 5.36. The van der Waals surface area contributed by atoms with Gasteiger partial charge < -0.3 is 10.4 Å². The highest BCUT2D eigenvalue weighted by atomic mass is 35.5. The van der Waals surface area contributed by atoms with Gasteiger partial charge in [0, 0.05) is 5.02 Å². The largest absolute Gasteiger partial charge is 0.480 e. The summed E-state index contributed by atoms with van der Waals surface area (Å²) < 4.78 is 0. The smallest absolute Gasteiger partial charge is 0.326 e. The predicted octanol–water partition coefficient (Wildman–Crippen LogP) is 2.42. The molecule has 4 nitrogen and oxygen atoms in total. The number of aryl methyl sites for hydroxylation is 1. The average molecular weight is 284 g/mol. The summed E-state index contributed by atoms with van der Waals surface area (Å²) in [7, 11) is 0. The van der Waals surface area contributed by atoms with Crippen LogP contribution in [-0.4, -0.2) is 23.0 Å². The molecule has 1 aromatic rings. The summed E-state index contributed by atoms with van der Waals surface area (Å²) in [5.41, 5.74) is 1.60. The number of carboxylic acid groups (broad SMARTS) is 1. The monoisotopic (exact) mass is 283 g/mol. The Labute approximate surface area is 117 Å². The number of carboxylic acids is 1. The highest BCUT2D eigenvalue weighted by molar-refractivity contribution is 6.32. The van der Waals surface area contributed by atoms with E-state index in [4.69, 9.17) is 16.7 Å². The Bertz CT molecular complexity index is 486. The first-order chi connectivity index (χ1) is 8.82. The fraction of sp³-hybridized carbons (Fsp3) is 0.429. The SMILES string of the molecule is Cc1cccc(CC(=O)N[C@@H](C(=O)O)C(C)C)c1Cl. The number of carbonyl (C=O) groups is 2. The molecule has 0 unspecified atom stereocenters. The lowest BCUT2D eigenvalue weighted by Gasteiger charge is -2.18. The molecule has 0 radical (unpaired) electrons. The lowest BCUT2D eigenvalue weighted by atomic mass is 10.0. The molecule has 1 rings (SSSR count). The van der Waals surface area contributed by atoms with E-state index in [1.165, 1.54) is 0 Å². The molecule has 0 aliphatic heterocycles. The Morgan fingerprint density at radius 3 is 2.53 bits per heavy atom. The van der Waals surface area contributed by atoms with Gasteiger partial charge in [0.25, 0.3) is 0 Å². The van der Waals surface area contributed by atoms with Gasteiger partial charge in [-0.3, -0.25) is 4.79 Å². The number of halogens is 1. The van der Waals surface area contributed by atoms with Crippen molar-refractivity contribution in [1.82, 2.24) is 5.32 Å². The van der Waals surface area contributed by atoms with E-state index in [2.05, 4.69) is 5.32 Å². The first-order valence-electron chi connectivity index (χ1n) is 6.09. The van der Waals surface area contributed by atoms with Gasteiger partial charge in [-0.05, 0) is 24.0 Å². The second-order valence-corrected chi connectivity index (χ2v) is 5.23. The number of nitrogens with one attached hydrogen (secondary N) is 1.